The van der Waals surface area contributed by atoms with Crippen molar-refractivity contribution in [1.82, 2.24) is 10.2 Å². The Bertz CT molecular complexity index is 874. The SMILES string of the molecule is O=C1NC2(CCCCCC2)C(=O)N1C[C@@H](O)COc1ccc(-c2ccccc2)cc1. The third kappa shape index (κ3) is 4.33. The number of nitrogens with zero attached hydrogens (tertiary/aromatic N) is 1. The molecule has 0 bridgehead atoms. The van der Waals surface area contributed by atoms with Crippen molar-refractivity contribution in [2.24, 2.45) is 0 Å². The van der Waals surface area contributed by atoms with E-state index in [0.717, 1.165) is 41.7 Å². The lowest BCUT2D eigenvalue weighted by Crippen LogP contribution is -2.47. The van der Waals surface area contributed by atoms with E-state index < -0.39 is 17.7 Å². The maximum atomic E-state index is 12.9. The Balaban J connectivity index is 1.32. The van der Waals surface area contributed by atoms with E-state index in [2.05, 4.69) is 5.32 Å². The first kappa shape index (κ1) is 20.4. The first-order chi connectivity index (χ1) is 14.6. The molecule has 3 amide bonds. The van der Waals surface area contributed by atoms with E-state index in [4.69, 9.17) is 4.74 Å². The topological polar surface area (TPSA) is 78.9 Å². The molecule has 2 aromatic rings. The van der Waals surface area contributed by atoms with Gasteiger partial charge in [-0.1, -0.05) is 68.1 Å². The third-order valence-corrected chi connectivity index (χ3v) is 6.00. The summed E-state index contributed by atoms with van der Waals surface area (Å²) >= 11 is 0. The molecule has 1 spiro atoms. The average Bonchev–Trinajstić information content (AvgIpc) is 2.93. The van der Waals surface area contributed by atoms with E-state index in [9.17, 15) is 14.7 Å². The molecule has 1 saturated heterocycles. The van der Waals surface area contributed by atoms with Gasteiger partial charge in [0.05, 0.1) is 6.54 Å². The number of amides is 3. The van der Waals surface area contributed by atoms with Gasteiger partial charge in [-0.2, -0.15) is 0 Å². The molecule has 1 atom stereocenters. The highest BCUT2D eigenvalue weighted by Crippen LogP contribution is 2.32. The summed E-state index contributed by atoms with van der Waals surface area (Å²) in [4.78, 5) is 26.5. The normalized spacial score (nSPS) is 19.4. The fraction of sp³-hybridized carbons (Fsp3) is 0.417. The number of rotatable bonds is 6. The summed E-state index contributed by atoms with van der Waals surface area (Å²) in [5.74, 6) is 0.423. The molecule has 2 aliphatic rings. The van der Waals surface area contributed by atoms with Gasteiger partial charge < -0.3 is 15.2 Å². The van der Waals surface area contributed by atoms with Gasteiger partial charge in [0.2, 0.25) is 0 Å². The summed E-state index contributed by atoms with van der Waals surface area (Å²) in [6.07, 6.45) is 4.45. The molecule has 30 heavy (non-hydrogen) atoms. The molecule has 0 unspecified atom stereocenters. The predicted octanol–water partition coefficient (Wildman–Crippen LogP) is 3.74. The lowest BCUT2D eigenvalue weighted by atomic mass is 9.90. The van der Waals surface area contributed by atoms with Crippen LogP contribution in [0.4, 0.5) is 4.79 Å². The molecule has 6 nitrogen and oxygen atoms in total. The molecule has 2 fully saturated rings. The predicted molar refractivity (Wildman–Crippen MR) is 114 cm³/mol. The van der Waals surface area contributed by atoms with Crippen molar-refractivity contribution in [2.45, 2.75) is 50.2 Å². The maximum Gasteiger partial charge on any atom is 0.325 e. The Morgan fingerprint density at radius 3 is 2.23 bits per heavy atom. The fourth-order valence-corrected chi connectivity index (χ4v) is 4.34. The summed E-state index contributed by atoms with van der Waals surface area (Å²) in [5.41, 5.74) is 1.42. The van der Waals surface area contributed by atoms with Crippen LogP contribution >= 0.6 is 0 Å². The molecule has 1 aliphatic heterocycles. The summed E-state index contributed by atoms with van der Waals surface area (Å²) in [7, 11) is 0. The van der Waals surface area contributed by atoms with Crippen LogP contribution in [0.2, 0.25) is 0 Å². The number of carbonyl (C=O) groups is 2. The van der Waals surface area contributed by atoms with Crippen molar-refractivity contribution in [1.29, 1.82) is 0 Å². The van der Waals surface area contributed by atoms with Crippen LogP contribution in [0, 0.1) is 0 Å². The van der Waals surface area contributed by atoms with Crippen LogP contribution in [0.1, 0.15) is 38.5 Å². The number of aliphatic hydroxyl groups is 1. The zero-order valence-electron chi connectivity index (χ0n) is 17.0. The smallest absolute Gasteiger partial charge is 0.325 e. The van der Waals surface area contributed by atoms with Gasteiger partial charge in [0.1, 0.15) is 24.0 Å². The lowest BCUT2D eigenvalue weighted by molar-refractivity contribution is -0.132. The number of β-amino-alcohol motifs (C(OH)–C–C–N with tert-alkyl or cyclic N) is 1. The van der Waals surface area contributed by atoms with Crippen molar-refractivity contribution in [2.75, 3.05) is 13.2 Å². The Labute approximate surface area is 176 Å². The van der Waals surface area contributed by atoms with E-state index in [1.54, 1.807) is 0 Å². The second-order valence-electron chi connectivity index (χ2n) is 8.20. The molecular weight excluding hydrogens is 380 g/mol. The molecule has 4 rings (SSSR count). The summed E-state index contributed by atoms with van der Waals surface area (Å²) in [6, 6.07) is 17.3. The molecule has 1 aliphatic carbocycles. The molecule has 2 N–H and O–H groups in total. The number of aliphatic hydroxyl groups excluding tert-OH is 1. The summed E-state index contributed by atoms with van der Waals surface area (Å²) in [5, 5.41) is 13.3. The summed E-state index contributed by atoms with van der Waals surface area (Å²) < 4.78 is 5.68. The molecule has 2 aromatic carbocycles. The number of hydrogen-bond acceptors (Lipinski definition) is 4. The maximum absolute atomic E-state index is 12.9. The number of imide groups is 1. The fourth-order valence-electron chi connectivity index (χ4n) is 4.34. The van der Waals surface area contributed by atoms with E-state index in [0.29, 0.717) is 18.6 Å². The standard InChI is InChI=1S/C24H28N2O4/c27-20(16-26-22(28)24(25-23(26)29)14-6-1-2-7-15-24)17-30-21-12-10-19(11-13-21)18-8-4-3-5-9-18/h3-5,8-13,20,27H,1-2,6-7,14-17H2,(H,25,29)/t20-/m1/s1. The van der Waals surface area contributed by atoms with Crippen LogP contribution in [0.3, 0.4) is 0 Å². The van der Waals surface area contributed by atoms with Crippen molar-refractivity contribution in [3.05, 3.63) is 54.6 Å². The number of nitrogens with one attached hydrogen (secondary N) is 1. The number of benzene rings is 2. The van der Waals surface area contributed by atoms with Gasteiger partial charge in [0, 0.05) is 0 Å². The monoisotopic (exact) mass is 408 g/mol. The van der Waals surface area contributed by atoms with Crippen LogP contribution in [0.25, 0.3) is 11.1 Å². The molecular formula is C24H28N2O4. The average molecular weight is 408 g/mol. The van der Waals surface area contributed by atoms with Crippen LogP contribution < -0.4 is 10.1 Å². The number of ether oxygens (including phenoxy) is 1. The van der Waals surface area contributed by atoms with Gasteiger partial charge in [-0.25, -0.2) is 4.79 Å². The number of hydrogen-bond donors (Lipinski definition) is 2. The summed E-state index contributed by atoms with van der Waals surface area (Å²) in [6.45, 7) is -0.0523. The van der Waals surface area contributed by atoms with E-state index in [1.165, 1.54) is 0 Å². The molecule has 6 heteroatoms. The minimum atomic E-state index is -0.950. The van der Waals surface area contributed by atoms with Gasteiger partial charge in [-0.3, -0.25) is 9.69 Å². The highest BCUT2D eigenvalue weighted by molar-refractivity contribution is 6.07. The molecule has 1 saturated carbocycles. The Morgan fingerprint density at radius 2 is 1.57 bits per heavy atom. The van der Waals surface area contributed by atoms with E-state index in [1.807, 2.05) is 54.6 Å². The van der Waals surface area contributed by atoms with Gasteiger partial charge in [-0.05, 0) is 36.1 Å². The van der Waals surface area contributed by atoms with Crippen molar-refractivity contribution < 1.29 is 19.4 Å². The van der Waals surface area contributed by atoms with Crippen LogP contribution in [0.5, 0.6) is 5.75 Å². The first-order valence-corrected chi connectivity index (χ1v) is 10.7. The van der Waals surface area contributed by atoms with Gasteiger partial charge in [-0.15, -0.1) is 0 Å². The third-order valence-electron chi connectivity index (χ3n) is 6.00. The van der Waals surface area contributed by atoms with Crippen molar-refractivity contribution >= 4 is 11.9 Å². The van der Waals surface area contributed by atoms with Crippen molar-refractivity contribution in [3.8, 4) is 16.9 Å². The quantitative estimate of drug-likeness (QED) is 0.714. The van der Waals surface area contributed by atoms with Gasteiger partial charge in [0.25, 0.3) is 5.91 Å². The number of carbonyl (C=O) groups excluding carboxylic acids is 2. The first-order valence-electron chi connectivity index (χ1n) is 10.7. The van der Waals surface area contributed by atoms with Crippen molar-refractivity contribution in [3.63, 3.8) is 0 Å². The zero-order chi connectivity index (χ0) is 21.0. The van der Waals surface area contributed by atoms with E-state index in [-0.39, 0.29) is 19.1 Å². The molecule has 0 aromatic heterocycles. The molecule has 0 radical (unpaired) electrons. The van der Waals surface area contributed by atoms with Crippen LogP contribution in [-0.2, 0) is 4.79 Å². The Kier molecular flexibility index (Phi) is 6.04. The molecule has 1 heterocycles. The number of urea groups is 1. The lowest BCUT2D eigenvalue weighted by Gasteiger charge is -2.25. The van der Waals surface area contributed by atoms with E-state index >= 15 is 0 Å². The highest BCUT2D eigenvalue weighted by atomic mass is 16.5. The highest BCUT2D eigenvalue weighted by Gasteiger charge is 2.50. The Hall–Kier alpha value is -2.86. The van der Waals surface area contributed by atoms with Crippen LogP contribution in [-0.4, -0.2) is 46.7 Å². The van der Waals surface area contributed by atoms with Gasteiger partial charge >= 0.3 is 6.03 Å². The largest absolute Gasteiger partial charge is 0.491 e. The van der Waals surface area contributed by atoms with Gasteiger partial charge in [0.15, 0.2) is 0 Å². The minimum Gasteiger partial charge on any atom is -0.491 e. The minimum absolute atomic E-state index is 0.00867. The molecule has 158 valence electrons. The second kappa shape index (κ2) is 8.88. The second-order valence-corrected chi connectivity index (χ2v) is 8.20. The zero-order valence-corrected chi connectivity index (χ0v) is 17.0. The van der Waals surface area contributed by atoms with Crippen LogP contribution in [0.15, 0.2) is 54.6 Å². The Morgan fingerprint density at radius 1 is 0.933 bits per heavy atom.